The third-order valence-electron chi connectivity index (χ3n) is 3.00. The van der Waals surface area contributed by atoms with Gasteiger partial charge in [-0.25, -0.2) is 0 Å². The monoisotopic (exact) mass is 229 g/mol. The Morgan fingerprint density at radius 2 is 2.06 bits per heavy atom. The molecule has 17 heavy (non-hydrogen) atoms. The van der Waals surface area contributed by atoms with Crippen molar-refractivity contribution in [3.63, 3.8) is 0 Å². The highest BCUT2D eigenvalue weighted by molar-refractivity contribution is 5.81. The van der Waals surface area contributed by atoms with Gasteiger partial charge in [0.2, 0.25) is 0 Å². The maximum Gasteiger partial charge on any atom is 0.0746 e. The lowest BCUT2D eigenvalue weighted by Crippen LogP contribution is -2.28. The molecule has 3 heteroatoms. The van der Waals surface area contributed by atoms with Crippen LogP contribution in [0.4, 0.5) is 0 Å². The number of benzene rings is 1. The summed E-state index contributed by atoms with van der Waals surface area (Å²) < 4.78 is 0. The second kappa shape index (κ2) is 5.75. The highest BCUT2D eigenvalue weighted by atomic mass is 15.1. The van der Waals surface area contributed by atoms with Crippen LogP contribution in [-0.4, -0.2) is 29.5 Å². The van der Waals surface area contributed by atoms with Crippen LogP contribution in [0.3, 0.4) is 0 Å². The number of hydrogen-bond donors (Lipinski definition) is 1. The highest BCUT2D eigenvalue weighted by Gasteiger charge is 2.06. The van der Waals surface area contributed by atoms with Crippen LogP contribution in [0, 0.1) is 0 Å². The quantitative estimate of drug-likeness (QED) is 0.853. The molecule has 1 aromatic heterocycles. The molecule has 0 aliphatic rings. The molecule has 0 aliphatic heterocycles. The lowest BCUT2D eigenvalue weighted by Gasteiger charge is -2.20. The first-order valence-corrected chi connectivity index (χ1v) is 6.10. The van der Waals surface area contributed by atoms with Crippen LogP contribution in [0.2, 0.25) is 0 Å². The molecule has 0 spiro atoms. The minimum atomic E-state index is 0.700. The molecule has 0 fully saturated rings. The molecule has 0 unspecified atom stereocenters. The van der Waals surface area contributed by atoms with Gasteiger partial charge in [0.15, 0.2) is 0 Å². The Labute approximate surface area is 102 Å². The van der Waals surface area contributed by atoms with Crippen LogP contribution in [0.15, 0.2) is 36.5 Å². The fourth-order valence-corrected chi connectivity index (χ4v) is 2.07. The van der Waals surface area contributed by atoms with Gasteiger partial charge in [-0.1, -0.05) is 31.2 Å². The second-order valence-corrected chi connectivity index (χ2v) is 4.15. The summed E-state index contributed by atoms with van der Waals surface area (Å²) in [6.45, 7) is 5.72. The number of nitrogens with zero attached hydrogens (tertiary/aromatic N) is 2. The number of rotatable bonds is 5. The summed E-state index contributed by atoms with van der Waals surface area (Å²) in [6, 6.07) is 10.4. The fourth-order valence-electron chi connectivity index (χ4n) is 2.07. The summed E-state index contributed by atoms with van der Waals surface area (Å²) in [5.74, 6) is 0. The third kappa shape index (κ3) is 2.81. The SMILES string of the molecule is CCN(CCN)Cc1cccc2cccnc12. The lowest BCUT2D eigenvalue weighted by molar-refractivity contribution is 0.289. The third-order valence-corrected chi connectivity index (χ3v) is 3.00. The Morgan fingerprint density at radius 1 is 1.24 bits per heavy atom. The fraction of sp³-hybridized carbons (Fsp3) is 0.357. The van der Waals surface area contributed by atoms with Gasteiger partial charge in [0.05, 0.1) is 5.52 Å². The van der Waals surface area contributed by atoms with Gasteiger partial charge in [0, 0.05) is 31.2 Å². The largest absolute Gasteiger partial charge is 0.329 e. The first-order valence-electron chi connectivity index (χ1n) is 6.10. The number of fused-ring (bicyclic) bond motifs is 1. The van der Waals surface area contributed by atoms with Crippen LogP contribution in [-0.2, 0) is 6.54 Å². The van der Waals surface area contributed by atoms with E-state index in [1.807, 2.05) is 12.3 Å². The predicted octanol–water partition coefficient (Wildman–Crippen LogP) is 2.02. The molecule has 2 aromatic rings. The second-order valence-electron chi connectivity index (χ2n) is 4.15. The van der Waals surface area contributed by atoms with Gasteiger partial charge in [-0.2, -0.15) is 0 Å². The summed E-state index contributed by atoms with van der Waals surface area (Å²) in [5.41, 5.74) is 7.99. The number of hydrogen-bond acceptors (Lipinski definition) is 3. The maximum absolute atomic E-state index is 5.61. The molecule has 0 saturated heterocycles. The average molecular weight is 229 g/mol. The maximum atomic E-state index is 5.61. The zero-order chi connectivity index (χ0) is 12.1. The first kappa shape index (κ1) is 12.0. The molecule has 0 saturated carbocycles. The molecule has 2 rings (SSSR count). The Hall–Kier alpha value is -1.45. The highest BCUT2D eigenvalue weighted by Crippen LogP contribution is 2.17. The van der Waals surface area contributed by atoms with E-state index in [2.05, 4.69) is 41.1 Å². The van der Waals surface area contributed by atoms with Crippen LogP contribution >= 0.6 is 0 Å². The molecule has 3 nitrogen and oxygen atoms in total. The Balaban J connectivity index is 2.28. The van der Waals surface area contributed by atoms with Crippen LogP contribution < -0.4 is 5.73 Å². The average Bonchev–Trinajstić information content (AvgIpc) is 2.38. The predicted molar refractivity (Wildman–Crippen MR) is 71.7 cm³/mol. The molecule has 90 valence electrons. The standard InChI is InChI=1S/C14H19N3/c1-2-17(10-8-15)11-13-6-3-5-12-7-4-9-16-14(12)13/h3-7,9H,2,8,10-11,15H2,1H3. The molecule has 1 aromatic carbocycles. The minimum absolute atomic E-state index is 0.700. The molecular formula is C14H19N3. The van der Waals surface area contributed by atoms with E-state index in [1.165, 1.54) is 10.9 Å². The first-order chi connectivity index (χ1) is 8.35. The van der Waals surface area contributed by atoms with Crippen molar-refractivity contribution < 1.29 is 0 Å². The molecule has 0 radical (unpaired) electrons. The van der Waals surface area contributed by atoms with Crippen molar-refractivity contribution in [2.45, 2.75) is 13.5 Å². The van der Waals surface area contributed by atoms with Gasteiger partial charge in [-0.3, -0.25) is 9.88 Å². The van der Waals surface area contributed by atoms with Gasteiger partial charge >= 0.3 is 0 Å². The van der Waals surface area contributed by atoms with E-state index in [1.54, 1.807) is 0 Å². The van der Waals surface area contributed by atoms with E-state index in [4.69, 9.17) is 5.73 Å². The minimum Gasteiger partial charge on any atom is -0.329 e. The Kier molecular flexibility index (Phi) is 4.07. The van der Waals surface area contributed by atoms with Crippen molar-refractivity contribution in [3.05, 3.63) is 42.1 Å². The van der Waals surface area contributed by atoms with Crippen molar-refractivity contribution in [1.82, 2.24) is 9.88 Å². The van der Waals surface area contributed by atoms with E-state index in [0.29, 0.717) is 6.54 Å². The van der Waals surface area contributed by atoms with Crippen LogP contribution in [0.1, 0.15) is 12.5 Å². The number of para-hydroxylation sites is 1. The van der Waals surface area contributed by atoms with Gasteiger partial charge in [0.1, 0.15) is 0 Å². The summed E-state index contributed by atoms with van der Waals surface area (Å²) >= 11 is 0. The topological polar surface area (TPSA) is 42.1 Å². The molecule has 0 bridgehead atoms. The summed E-state index contributed by atoms with van der Waals surface area (Å²) in [5, 5.41) is 1.20. The summed E-state index contributed by atoms with van der Waals surface area (Å²) in [7, 11) is 0. The van der Waals surface area contributed by atoms with Gasteiger partial charge in [-0.05, 0) is 18.2 Å². The van der Waals surface area contributed by atoms with Crippen molar-refractivity contribution in [2.75, 3.05) is 19.6 Å². The van der Waals surface area contributed by atoms with E-state index >= 15 is 0 Å². The number of nitrogens with two attached hydrogens (primary N) is 1. The normalized spacial score (nSPS) is 11.2. The zero-order valence-electron chi connectivity index (χ0n) is 10.3. The summed E-state index contributed by atoms with van der Waals surface area (Å²) in [4.78, 5) is 6.81. The van der Waals surface area contributed by atoms with E-state index < -0.39 is 0 Å². The molecule has 0 amide bonds. The number of aromatic nitrogens is 1. The van der Waals surface area contributed by atoms with E-state index in [0.717, 1.165) is 25.2 Å². The molecule has 0 atom stereocenters. The van der Waals surface area contributed by atoms with E-state index in [9.17, 15) is 0 Å². The van der Waals surface area contributed by atoms with Crippen LogP contribution in [0.5, 0.6) is 0 Å². The van der Waals surface area contributed by atoms with Gasteiger partial charge < -0.3 is 5.73 Å². The summed E-state index contributed by atoms with van der Waals surface area (Å²) in [6.07, 6.45) is 1.85. The lowest BCUT2D eigenvalue weighted by atomic mass is 10.1. The Morgan fingerprint density at radius 3 is 2.82 bits per heavy atom. The van der Waals surface area contributed by atoms with Crippen molar-refractivity contribution in [2.24, 2.45) is 5.73 Å². The molecular weight excluding hydrogens is 210 g/mol. The van der Waals surface area contributed by atoms with Crippen molar-refractivity contribution >= 4 is 10.9 Å². The molecule has 2 N–H and O–H groups in total. The number of likely N-dealkylation sites (N-methyl/N-ethyl adjacent to an activating group) is 1. The Bertz CT molecular complexity index is 476. The molecule has 0 aliphatic carbocycles. The number of pyridine rings is 1. The van der Waals surface area contributed by atoms with Crippen molar-refractivity contribution in [3.8, 4) is 0 Å². The molecule has 1 heterocycles. The van der Waals surface area contributed by atoms with Crippen LogP contribution in [0.25, 0.3) is 10.9 Å². The van der Waals surface area contributed by atoms with E-state index in [-0.39, 0.29) is 0 Å². The smallest absolute Gasteiger partial charge is 0.0746 e. The zero-order valence-corrected chi connectivity index (χ0v) is 10.3. The van der Waals surface area contributed by atoms with Crippen molar-refractivity contribution in [1.29, 1.82) is 0 Å². The van der Waals surface area contributed by atoms with Gasteiger partial charge in [0.25, 0.3) is 0 Å². The van der Waals surface area contributed by atoms with Gasteiger partial charge in [-0.15, -0.1) is 0 Å².